The molecule has 0 aliphatic rings. The lowest BCUT2D eigenvalue weighted by atomic mass is 10.2. The van der Waals surface area contributed by atoms with Crippen LogP contribution in [0.25, 0.3) is 0 Å². The second-order valence-electron chi connectivity index (χ2n) is 7.43. The van der Waals surface area contributed by atoms with Gasteiger partial charge in [0.1, 0.15) is 11.5 Å². The summed E-state index contributed by atoms with van der Waals surface area (Å²) in [6.07, 6.45) is 1.15. The Kier molecular flexibility index (Phi) is 7.84. The quantitative estimate of drug-likeness (QED) is 0.474. The molecule has 7 nitrogen and oxygen atoms in total. The van der Waals surface area contributed by atoms with Crippen LogP contribution in [0.4, 0.5) is 11.4 Å². The molecule has 0 fully saturated rings. The third-order valence-electron chi connectivity index (χ3n) is 4.76. The molecule has 1 N–H and O–H groups in total. The molecule has 3 aromatic rings. The first-order valence-corrected chi connectivity index (χ1v) is 12.3. The van der Waals surface area contributed by atoms with E-state index in [-0.39, 0.29) is 19.1 Å². The van der Waals surface area contributed by atoms with Crippen LogP contribution >= 0.6 is 11.6 Å². The summed E-state index contributed by atoms with van der Waals surface area (Å²) in [6, 6.07) is 19.0. The van der Waals surface area contributed by atoms with E-state index in [9.17, 15) is 13.2 Å². The highest BCUT2D eigenvalue weighted by atomic mass is 35.5. The second kappa shape index (κ2) is 10.6. The van der Waals surface area contributed by atoms with Crippen molar-refractivity contribution < 1.29 is 22.7 Å². The standard InChI is InChI=1S/C24H25ClN2O5S/c1-17-4-13-23(31-2)22(14-17)26-24(28)16-32-21-11-9-20(10-12-21)27(33(3,29)30)15-18-5-7-19(25)8-6-18/h4-14H,15-16H2,1-3H3,(H,26,28). The van der Waals surface area contributed by atoms with E-state index in [1.807, 2.05) is 19.1 Å². The first-order chi connectivity index (χ1) is 15.7. The van der Waals surface area contributed by atoms with Crippen LogP contribution in [-0.4, -0.2) is 34.3 Å². The Morgan fingerprint density at radius 3 is 2.30 bits per heavy atom. The number of hydrogen-bond acceptors (Lipinski definition) is 5. The van der Waals surface area contributed by atoms with Gasteiger partial charge in [-0.3, -0.25) is 9.10 Å². The van der Waals surface area contributed by atoms with Crippen molar-refractivity contribution in [2.24, 2.45) is 0 Å². The summed E-state index contributed by atoms with van der Waals surface area (Å²) >= 11 is 5.91. The maximum absolute atomic E-state index is 12.4. The number of rotatable bonds is 9. The van der Waals surface area contributed by atoms with Gasteiger partial charge in [0.2, 0.25) is 10.0 Å². The van der Waals surface area contributed by atoms with Gasteiger partial charge in [-0.15, -0.1) is 0 Å². The van der Waals surface area contributed by atoms with Crippen LogP contribution in [0.2, 0.25) is 5.02 Å². The van der Waals surface area contributed by atoms with Crippen molar-refractivity contribution in [3.8, 4) is 11.5 Å². The maximum Gasteiger partial charge on any atom is 0.262 e. The predicted octanol–water partition coefficient (Wildman–Crippen LogP) is 4.64. The fourth-order valence-electron chi connectivity index (χ4n) is 3.12. The number of hydrogen-bond donors (Lipinski definition) is 1. The van der Waals surface area contributed by atoms with Gasteiger partial charge in [0.15, 0.2) is 6.61 Å². The summed E-state index contributed by atoms with van der Waals surface area (Å²) in [4.78, 5) is 12.3. The van der Waals surface area contributed by atoms with Gasteiger partial charge in [0, 0.05) is 5.02 Å². The Morgan fingerprint density at radius 1 is 1.03 bits per heavy atom. The molecule has 0 radical (unpaired) electrons. The summed E-state index contributed by atoms with van der Waals surface area (Å²) in [5, 5.41) is 3.35. The minimum Gasteiger partial charge on any atom is -0.495 e. The Balaban J connectivity index is 1.65. The van der Waals surface area contributed by atoms with Crippen molar-refractivity contribution in [2.75, 3.05) is 29.6 Å². The third-order valence-corrected chi connectivity index (χ3v) is 6.16. The lowest BCUT2D eigenvalue weighted by molar-refractivity contribution is -0.118. The molecule has 33 heavy (non-hydrogen) atoms. The van der Waals surface area contributed by atoms with Crippen LogP contribution in [0.5, 0.6) is 11.5 Å². The zero-order valence-corrected chi connectivity index (χ0v) is 20.1. The Bertz CT molecular complexity index is 1210. The number of anilines is 2. The minimum absolute atomic E-state index is 0.164. The van der Waals surface area contributed by atoms with E-state index < -0.39 is 10.0 Å². The van der Waals surface area contributed by atoms with E-state index in [0.717, 1.165) is 17.4 Å². The van der Waals surface area contributed by atoms with Gasteiger partial charge in [0.25, 0.3) is 5.91 Å². The van der Waals surface area contributed by atoms with Crippen LogP contribution in [0.3, 0.4) is 0 Å². The molecule has 0 saturated heterocycles. The topological polar surface area (TPSA) is 84.9 Å². The fraction of sp³-hybridized carbons (Fsp3) is 0.208. The van der Waals surface area contributed by atoms with Gasteiger partial charge < -0.3 is 14.8 Å². The zero-order valence-electron chi connectivity index (χ0n) is 18.5. The number of nitrogens with zero attached hydrogens (tertiary/aromatic N) is 1. The lowest BCUT2D eigenvalue weighted by Gasteiger charge is -2.23. The molecule has 174 valence electrons. The molecule has 1 amide bonds. The van der Waals surface area contributed by atoms with Gasteiger partial charge >= 0.3 is 0 Å². The molecule has 0 saturated carbocycles. The predicted molar refractivity (Wildman–Crippen MR) is 131 cm³/mol. The second-order valence-corrected chi connectivity index (χ2v) is 9.77. The monoisotopic (exact) mass is 488 g/mol. The highest BCUT2D eigenvalue weighted by Gasteiger charge is 2.18. The van der Waals surface area contributed by atoms with E-state index in [1.54, 1.807) is 54.6 Å². The van der Waals surface area contributed by atoms with Gasteiger partial charge in [0.05, 0.1) is 31.3 Å². The number of aryl methyl sites for hydroxylation is 1. The third kappa shape index (κ3) is 6.87. The average molecular weight is 489 g/mol. The maximum atomic E-state index is 12.4. The van der Waals surface area contributed by atoms with E-state index >= 15 is 0 Å². The number of nitrogens with one attached hydrogen (secondary N) is 1. The molecule has 0 unspecified atom stereocenters. The van der Waals surface area contributed by atoms with E-state index in [4.69, 9.17) is 21.1 Å². The lowest BCUT2D eigenvalue weighted by Crippen LogP contribution is -2.29. The van der Waals surface area contributed by atoms with Crippen LogP contribution in [0.15, 0.2) is 66.7 Å². The Morgan fingerprint density at radius 2 is 1.70 bits per heavy atom. The molecule has 0 bridgehead atoms. The number of amides is 1. The Labute approximate surface area is 198 Å². The van der Waals surface area contributed by atoms with Crippen molar-refractivity contribution >= 4 is 38.9 Å². The van der Waals surface area contributed by atoms with Gasteiger partial charge in [-0.05, 0) is 66.6 Å². The van der Waals surface area contributed by atoms with Crippen molar-refractivity contribution in [2.45, 2.75) is 13.5 Å². The fourth-order valence-corrected chi connectivity index (χ4v) is 4.13. The molecule has 0 heterocycles. The number of benzene rings is 3. The van der Waals surface area contributed by atoms with Crippen molar-refractivity contribution in [3.05, 3.63) is 82.9 Å². The first-order valence-electron chi connectivity index (χ1n) is 10.1. The number of halogens is 1. The van der Waals surface area contributed by atoms with Crippen LogP contribution in [-0.2, 0) is 21.4 Å². The molecule has 0 atom stereocenters. The highest BCUT2D eigenvalue weighted by Crippen LogP contribution is 2.26. The summed E-state index contributed by atoms with van der Waals surface area (Å²) in [5.41, 5.74) is 2.83. The summed E-state index contributed by atoms with van der Waals surface area (Å²) in [6.45, 7) is 1.87. The molecule has 0 aliphatic heterocycles. The summed E-state index contributed by atoms with van der Waals surface area (Å²) in [7, 11) is -1.99. The molecule has 3 aromatic carbocycles. The minimum atomic E-state index is -3.53. The number of ether oxygens (including phenoxy) is 2. The zero-order chi connectivity index (χ0) is 24.0. The van der Waals surface area contributed by atoms with E-state index in [0.29, 0.717) is 27.9 Å². The van der Waals surface area contributed by atoms with E-state index in [1.165, 1.54) is 11.4 Å². The van der Waals surface area contributed by atoms with E-state index in [2.05, 4.69) is 5.32 Å². The molecular weight excluding hydrogens is 464 g/mol. The van der Waals surface area contributed by atoms with Crippen LogP contribution in [0, 0.1) is 6.92 Å². The number of carbonyl (C=O) groups is 1. The normalized spacial score (nSPS) is 11.0. The van der Waals surface area contributed by atoms with Crippen molar-refractivity contribution in [3.63, 3.8) is 0 Å². The van der Waals surface area contributed by atoms with Crippen LogP contribution in [0.1, 0.15) is 11.1 Å². The largest absolute Gasteiger partial charge is 0.495 e. The van der Waals surface area contributed by atoms with Crippen LogP contribution < -0.4 is 19.1 Å². The SMILES string of the molecule is COc1ccc(C)cc1NC(=O)COc1ccc(N(Cc2ccc(Cl)cc2)S(C)(=O)=O)cc1. The van der Waals surface area contributed by atoms with Gasteiger partial charge in [-0.1, -0.05) is 29.8 Å². The molecule has 0 aromatic heterocycles. The van der Waals surface area contributed by atoms with Gasteiger partial charge in [-0.2, -0.15) is 0 Å². The van der Waals surface area contributed by atoms with Crippen molar-refractivity contribution in [1.29, 1.82) is 0 Å². The number of methoxy groups -OCH3 is 1. The Hall–Kier alpha value is -3.23. The summed E-state index contributed by atoms with van der Waals surface area (Å²) in [5.74, 6) is 0.647. The summed E-state index contributed by atoms with van der Waals surface area (Å²) < 4.78 is 36.8. The highest BCUT2D eigenvalue weighted by molar-refractivity contribution is 7.92. The molecule has 3 rings (SSSR count). The van der Waals surface area contributed by atoms with Crippen molar-refractivity contribution in [1.82, 2.24) is 0 Å². The molecule has 0 spiro atoms. The molecule has 0 aliphatic carbocycles. The average Bonchev–Trinajstić information content (AvgIpc) is 2.77. The molecule has 9 heteroatoms. The van der Waals surface area contributed by atoms with Gasteiger partial charge in [-0.25, -0.2) is 8.42 Å². The first kappa shape index (κ1) is 24.4. The number of carbonyl (C=O) groups excluding carboxylic acids is 1. The smallest absolute Gasteiger partial charge is 0.262 e. The molecular formula is C24H25ClN2O5S. The number of sulfonamides is 1.